The molecule has 1 aromatic carbocycles. The van der Waals surface area contributed by atoms with Crippen LogP contribution in [0.1, 0.15) is 49.3 Å². The Balaban J connectivity index is 2.01. The lowest BCUT2D eigenvalue weighted by atomic mass is 9.69. The summed E-state index contributed by atoms with van der Waals surface area (Å²) in [6.45, 7) is 6.23. The second-order valence-electron chi connectivity index (χ2n) is 8.88. The summed E-state index contributed by atoms with van der Waals surface area (Å²) in [5.74, 6) is -0.129. The van der Waals surface area contributed by atoms with Gasteiger partial charge in [0.25, 0.3) is 0 Å². The quantitative estimate of drug-likeness (QED) is 0.434. The number of allylic oxidation sites excluding steroid dienone is 3. The highest BCUT2D eigenvalue weighted by molar-refractivity contribution is 9.10. The van der Waals surface area contributed by atoms with E-state index in [1.54, 1.807) is 34.4 Å². The van der Waals surface area contributed by atoms with E-state index in [9.17, 15) is 10.1 Å². The van der Waals surface area contributed by atoms with Crippen molar-refractivity contribution in [3.63, 3.8) is 0 Å². The van der Waals surface area contributed by atoms with Gasteiger partial charge in [0.1, 0.15) is 5.82 Å². The van der Waals surface area contributed by atoms with E-state index in [2.05, 4.69) is 42.8 Å². The molecule has 0 amide bonds. The predicted molar refractivity (Wildman–Crippen MR) is 135 cm³/mol. The number of ketones is 1. The van der Waals surface area contributed by atoms with E-state index < -0.39 is 5.92 Å². The molecular weight excluding hydrogens is 529 g/mol. The number of rotatable bonds is 3. The predicted octanol–water partition coefficient (Wildman–Crippen LogP) is 7.32. The smallest absolute Gasteiger partial charge is 0.162 e. The summed E-state index contributed by atoms with van der Waals surface area (Å²) in [6.07, 6.45) is 1.92. The minimum Gasteiger partial charge on any atom is -0.384 e. The summed E-state index contributed by atoms with van der Waals surface area (Å²) in [7, 11) is 0. The number of benzene rings is 1. The van der Waals surface area contributed by atoms with Crippen molar-refractivity contribution in [3.05, 3.63) is 71.2 Å². The van der Waals surface area contributed by atoms with Crippen LogP contribution in [0.2, 0.25) is 10.0 Å². The first-order valence-corrected chi connectivity index (χ1v) is 12.6. The molecule has 0 spiro atoms. The number of halogens is 3. The van der Waals surface area contributed by atoms with E-state index in [0.717, 1.165) is 21.5 Å². The van der Waals surface area contributed by atoms with Crippen molar-refractivity contribution < 1.29 is 4.79 Å². The minimum absolute atomic E-state index is 0.0437. The van der Waals surface area contributed by atoms with E-state index in [1.807, 2.05) is 6.07 Å². The van der Waals surface area contributed by atoms with E-state index in [1.165, 1.54) is 4.88 Å². The molecule has 1 aliphatic carbocycles. The van der Waals surface area contributed by atoms with Gasteiger partial charge in [0.05, 0.1) is 23.2 Å². The maximum Gasteiger partial charge on any atom is 0.162 e. The van der Waals surface area contributed by atoms with Crippen molar-refractivity contribution in [1.29, 1.82) is 5.26 Å². The Kier molecular flexibility index (Phi) is 6.23. The van der Waals surface area contributed by atoms with Crippen LogP contribution in [0.3, 0.4) is 0 Å². The summed E-state index contributed by atoms with van der Waals surface area (Å²) >= 11 is 17.8. The first-order chi connectivity index (χ1) is 15.1. The van der Waals surface area contributed by atoms with Crippen molar-refractivity contribution in [2.24, 2.45) is 11.1 Å². The second-order valence-corrected chi connectivity index (χ2v) is 11.8. The van der Waals surface area contributed by atoms with Crippen LogP contribution in [-0.2, 0) is 11.2 Å². The van der Waals surface area contributed by atoms with Crippen LogP contribution in [-0.4, -0.2) is 5.78 Å². The molecule has 0 saturated carbocycles. The molecule has 166 valence electrons. The lowest BCUT2D eigenvalue weighted by Crippen LogP contribution is -2.42. The minimum atomic E-state index is -0.480. The molecule has 0 fully saturated rings. The van der Waals surface area contributed by atoms with Crippen LogP contribution in [0.25, 0.3) is 0 Å². The fourth-order valence-electron chi connectivity index (χ4n) is 4.57. The molecule has 8 heteroatoms. The maximum atomic E-state index is 13.6. The van der Waals surface area contributed by atoms with Gasteiger partial charge in [0.2, 0.25) is 0 Å². The Morgan fingerprint density at radius 1 is 1.25 bits per heavy atom. The van der Waals surface area contributed by atoms with Crippen molar-refractivity contribution in [2.75, 3.05) is 4.90 Å². The van der Waals surface area contributed by atoms with Gasteiger partial charge in [-0.05, 0) is 58.5 Å². The maximum absolute atomic E-state index is 13.6. The van der Waals surface area contributed by atoms with Crippen LogP contribution < -0.4 is 10.6 Å². The number of carbonyl (C=O) groups excluding carboxylic acids is 1. The van der Waals surface area contributed by atoms with E-state index >= 15 is 0 Å². The van der Waals surface area contributed by atoms with Crippen molar-refractivity contribution in [1.82, 2.24) is 0 Å². The van der Waals surface area contributed by atoms with E-state index in [-0.39, 0.29) is 11.2 Å². The fourth-order valence-corrected chi connectivity index (χ4v) is 7.12. The molecule has 0 radical (unpaired) electrons. The fraction of sp³-hybridized carbons (Fsp3) is 0.333. The number of carbonyl (C=O) groups is 1. The topological polar surface area (TPSA) is 70.1 Å². The normalized spacial score (nSPS) is 20.5. The molecular formula is C24H22BrCl2N3OS. The summed E-state index contributed by atoms with van der Waals surface area (Å²) in [4.78, 5) is 17.5. The largest absolute Gasteiger partial charge is 0.384 e. The number of hydrogen-bond donors (Lipinski definition) is 1. The number of anilines is 1. The lowest BCUT2D eigenvalue weighted by Gasteiger charge is -2.43. The van der Waals surface area contributed by atoms with Gasteiger partial charge in [0, 0.05) is 42.0 Å². The summed E-state index contributed by atoms with van der Waals surface area (Å²) < 4.78 is 0.991. The van der Waals surface area contributed by atoms with Gasteiger partial charge in [-0.2, -0.15) is 5.26 Å². The van der Waals surface area contributed by atoms with Crippen LogP contribution >= 0.6 is 50.5 Å². The average molecular weight is 551 g/mol. The summed E-state index contributed by atoms with van der Waals surface area (Å²) in [6, 6.07) is 9.47. The van der Waals surface area contributed by atoms with Crippen molar-refractivity contribution >= 4 is 61.9 Å². The van der Waals surface area contributed by atoms with Crippen LogP contribution in [0.5, 0.6) is 0 Å². The zero-order valence-electron chi connectivity index (χ0n) is 17.9. The molecule has 4 rings (SSSR count). The zero-order chi connectivity index (χ0) is 23.4. The number of Topliss-reactive ketones (excluding diaryl/α,β-unsaturated/α-hetero) is 1. The molecule has 2 aromatic rings. The Morgan fingerprint density at radius 2 is 1.91 bits per heavy atom. The number of aryl methyl sites for hydroxylation is 1. The molecule has 1 aliphatic heterocycles. The SMILES string of the molecule is CCc1sc(C2C(C#N)=C(N)N(c3cc(Cl)cc(Cl)c3)C3=C2C(=O)CC(C)(C)C3)cc1Br. The molecule has 2 heterocycles. The number of nitriles is 1. The molecule has 1 atom stereocenters. The average Bonchev–Trinajstić information content (AvgIpc) is 3.05. The molecule has 2 aliphatic rings. The van der Waals surface area contributed by atoms with Gasteiger partial charge < -0.3 is 5.73 Å². The molecule has 1 unspecified atom stereocenters. The van der Waals surface area contributed by atoms with Gasteiger partial charge in [-0.25, -0.2) is 0 Å². The third kappa shape index (κ3) is 4.01. The van der Waals surface area contributed by atoms with Crippen LogP contribution in [0, 0.1) is 16.7 Å². The van der Waals surface area contributed by atoms with Gasteiger partial charge in [-0.3, -0.25) is 9.69 Å². The van der Waals surface area contributed by atoms with Crippen LogP contribution in [0.15, 0.2) is 51.4 Å². The first-order valence-electron chi connectivity index (χ1n) is 10.3. The van der Waals surface area contributed by atoms with Crippen LogP contribution in [0.4, 0.5) is 5.69 Å². The summed E-state index contributed by atoms with van der Waals surface area (Å²) in [5, 5.41) is 11.1. The zero-order valence-corrected chi connectivity index (χ0v) is 21.8. The number of hydrogen-bond acceptors (Lipinski definition) is 5. The third-order valence-corrected chi connectivity index (χ3v) is 8.62. The van der Waals surface area contributed by atoms with Gasteiger partial charge >= 0.3 is 0 Å². The molecule has 1 aromatic heterocycles. The highest BCUT2D eigenvalue weighted by Crippen LogP contribution is 2.52. The Bertz CT molecular complexity index is 1220. The van der Waals surface area contributed by atoms with Gasteiger partial charge in [-0.1, -0.05) is 44.0 Å². The second kappa shape index (κ2) is 8.53. The Morgan fingerprint density at radius 3 is 2.47 bits per heavy atom. The molecule has 32 heavy (non-hydrogen) atoms. The van der Waals surface area contributed by atoms with Crippen molar-refractivity contribution in [2.45, 2.75) is 46.0 Å². The van der Waals surface area contributed by atoms with Gasteiger partial charge in [0.15, 0.2) is 5.78 Å². The Labute approximate surface area is 210 Å². The number of nitrogens with zero attached hydrogens (tertiary/aromatic N) is 2. The first kappa shape index (κ1) is 23.4. The van der Waals surface area contributed by atoms with Crippen molar-refractivity contribution in [3.8, 4) is 6.07 Å². The standard InChI is InChI=1S/C24H22BrCl2N3OS/c1-4-19-16(25)8-20(32-19)21-15(11-28)23(29)30(14-6-12(26)5-13(27)7-14)17-9-24(2,3)10-18(31)22(17)21/h5-8,21H,4,9-10,29H2,1-3H3. The lowest BCUT2D eigenvalue weighted by molar-refractivity contribution is -0.118. The molecule has 0 bridgehead atoms. The van der Waals surface area contributed by atoms with E-state index in [4.69, 9.17) is 28.9 Å². The Hall–Kier alpha value is -1.78. The monoisotopic (exact) mass is 549 g/mol. The molecule has 2 N–H and O–H groups in total. The summed E-state index contributed by atoms with van der Waals surface area (Å²) in [5.41, 5.74) is 8.88. The number of thiophene rings is 1. The molecule has 4 nitrogen and oxygen atoms in total. The highest BCUT2D eigenvalue weighted by atomic mass is 79.9. The van der Waals surface area contributed by atoms with Gasteiger partial charge in [-0.15, -0.1) is 11.3 Å². The van der Waals surface area contributed by atoms with E-state index in [0.29, 0.717) is 45.5 Å². The highest BCUT2D eigenvalue weighted by Gasteiger charge is 2.45. The number of nitrogens with two attached hydrogens (primary N) is 1. The third-order valence-electron chi connectivity index (χ3n) is 5.87. The molecule has 0 saturated heterocycles.